The molecule has 2 aliphatic rings. The molecule has 4 aromatic rings. The van der Waals surface area contributed by atoms with Crippen LogP contribution in [0.5, 0.6) is 0 Å². The number of carbonyl (C=O) groups is 2. The van der Waals surface area contributed by atoms with Crippen LogP contribution >= 0.6 is 0 Å². The molecule has 220 valence electrons. The van der Waals surface area contributed by atoms with Crippen molar-refractivity contribution in [3.8, 4) is 22.4 Å². The van der Waals surface area contributed by atoms with Crippen LogP contribution < -0.4 is 11.5 Å². The second-order valence-corrected chi connectivity index (χ2v) is 10.9. The van der Waals surface area contributed by atoms with Gasteiger partial charge in [0.05, 0.1) is 17.3 Å². The molecule has 2 fully saturated rings. The molecular formula is C29H33FN8O4. The third-order valence-corrected chi connectivity index (χ3v) is 8.19. The molecule has 2 saturated heterocycles. The number of piperidine rings is 2. The zero-order chi connectivity index (χ0) is 29.4. The number of ether oxygens (including phenoxy) is 1. The van der Waals surface area contributed by atoms with Crippen LogP contribution in [0.25, 0.3) is 33.4 Å². The number of Topliss-reactive ketones (excluding diaryl/α,β-unsaturated/α-hetero) is 1. The summed E-state index contributed by atoms with van der Waals surface area (Å²) in [4.78, 5) is 33.5. The van der Waals surface area contributed by atoms with E-state index in [1.807, 2.05) is 0 Å². The van der Waals surface area contributed by atoms with Crippen molar-refractivity contribution >= 4 is 34.4 Å². The average Bonchev–Trinajstić information content (AvgIpc) is 3.63. The third kappa shape index (κ3) is 5.27. The first-order valence-electron chi connectivity index (χ1n) is 14.1. The highest BCUT2D eigenvalue weighted by molar-refractivity contribution is 6.06. The van der Waals surface area contributed by atoms with Crippen LogP contribution in [0.1, 0.15) is 49.4 Å². The Balaban J connectivity index is 1.16. The first kappa shape index (κ1) is 27.6. The van der Waals surface area contributed by atoms with Gasteiger partial charge >= 0.3 is 6.09 Å². The number of rotatable bonds is 6. The number of nitrogen functional groups attached to an aromatic ring is 2. The molecule has 0 bridgehead atoms. The highest BCUT2D eigenvalue weighted by atomic mass is 19.1. The van der Waals surface area contributed by atoms with Crippen molar-refractivity contribution in [2.24, 2.45) is 0 Å². The summed E-state index contributed by atoms with van der Waals surface area (Å²) in [5.41, 5.74) is 13.7. The molecule has 2 aliphatic heterocycles. The summed E-state index contributed by atoms with van der Waals surface area (Å²) < 4.78 is 27.5. The summed E-state index contributed by atoms with van der Waals surface area (Å²) in [6.45, 7) is 4.94. The molecule has 42 heavy (non-hydrogen) atoms. The number of hydrogen-bond acceptors (Lipinski definition) is 10. The third-order valence-electron chi connectivity index (χ3n) is 8.19. The largest absolute Gasteiger partial charge is 0.426 e. The number of pyridine rings is 1. The van der Waals surface area contributed by atoms with Gasteiger partial charge < -0.3 is 30.5 Å². The lowest BCUT2D eigenvalue weighted by atomic mass is 9.99. The maximum Gasteiger partial charge on any atom is 0.411 e. The summed E-state index contributed by atoms with van der Waals surface area (Å²) in [6, 6.07) is 2.97. The van der Waals surface area contributed by atoms with Gasteiger partial charge in [0, 0.05) is 59.5 Å². The second-order valence-electron chi connectivity index (χ2n) is 10.9. The Morgan fingerprint density at radius 1 is 1.07 bits per heavy atom. The number of nitrogens with two attached hydrogens (primary N) is 2. The fourth-order valence-corrected chi connectivity index (χ4v) is 5.94. The van der Waals surface area contributed by atoms with Crippen LogP contribution in [0.15, 0.2) is 35.2 Å². The number of anilines is 2. The Morgan fingerprint density at radius 2 is 1.83 bits per heavy atom. The quantitative estimate of drug-likeness (QED) is 0.250. The smallest absolute Gasteiger partial charge is 0.411 e. The van der Waals surface area contributed by atoms with Gasteiger partial charge in [0.1, 0.15) is 5.82 Å². The lowest BCUT2D eigenvalue weighted by Crippen LogP contribution is -2.48. The first-order chi connectivity index (χ1) is 20.3. The van der Waals surface area contributed by atoms with Crippen molar-refractivity contribution in [1.82, 2.24) is 29.7 Å². The maximum atomic E-state index is 15.0. The van der Waals surface area contributed by atoms with E-state index in [9.17, 15) is 14.0 Å². The van der Waals surface area contributed by atoms with Crippen molar-refractivity contribution < 1.29 is 23.2 Å². The Labute approximate surface area is 241 Å². The van der Waals surface area contributed by atoms with Crippen LogP contribution in [0.3, 0.4) is 0 Å². The molecule has 12 nitrogen and oxygen atoms in total. The van der Waals surface area contributed by atoms with Gasteiger partial charge in [-0.1, -0.05) is 11.6 Å². The molecule has 4 N–H and O–H groups in total. The summed E-state index contributed by atoms with van der Waals surface area (Å²) in [6.07, 6.45) is 10.1. The van der Waals surface area contributed by atoms with Crippen LogP contribution in [0, 0.1) is 5.82 Å². The molecule has 13 heteroatoms. The molecule has 5 heterocycles. The van der Waals surface area contributed by atoms with E-state index in [4.69, 9.17) is 20.7 Å². The number of hydrogen-bond donors (Lipinski definition) is 2. The number of aromatic nitrogens is 4. The van der Waals surface area contributed by atoms with Crippen molar-refractivity contribution in [3.05, 3.63) is 42.1 Å². The molecule has 1 amide bonds. The SMILES string of the molecule is CC(=O)c1cc(-c2ncc(-c3cnn(COC(=O)N4CCC(N5CCCCC5)CC4)c3)c3onc(N)c23)c(F)cc1N. The minimum absolute atomic E-state index is 0.0142. The summed E-state index contributed by atoms with van der Waals surface area (Å²) in [5, 5.41) is 8.47. The molecule has 3 aromatic heterocycles. The fourth-order valence-electron chi connectivity index (χ4n) is 5.94. The van der Waals surface area contributed by atoms with Gasteiger partial charge in [-0.3, -0.25) is 9.78 Å². The summed E-state index contributed by atoms with van der Waals surface area (Å²) >= 11 is 0. The zero-order valence-electron chi connectivity index (χ0n) is 23.4. The topological polar surface area (TPSA) is 159 Å². The molecule has 0 aliphatic carbocycles. The van der Waals surface area contributed by atoms with Gasteiger partial charge in [-0.15, -0.1) is 0 Å². The van der Waals surface area contributed by atoms with Crippen LogP contribution in [-0.4, -0.2) is 73.8 Å². The van der Waals surface area contributed by atoms with E-state index in [0.29, 0.717) is 30.3 Å². The second kappa shape index (κ2) is 11.4. The monoisotopic (exact) mass is 576 g/mol. The number of halogens is 1. The predicted molar refractivity (Wildman–Crippen MR) is 154 cm³/mol. The fraction of sp³-hybridized carbons (Fsp3) is 0.414. The number of nitrogens with zero attached hydrogens (tertiary/aromatic N) is 6. The lowest BCUT2D eigenvalue weighted by Gasteiger charge is -2.39. The van der Waals surface area contributed by atoms with Gasteiger partial charge in [-0.25, -0.2) is 13.9 Å². The van der Waals surface area contributed by atoms with Crippen molar-refractivity contribution in [2.75, 3.05) is 37.6 Å². The molecule has 1 aromatic carbocycles. The normalized spacial score (nSPS) is 16.7. The summed E-state index contributed by atoms with van der Waals surface area (Å²) in [7, 11) is 0. The van der Waals surface area contributed by atoms with Crippen LogP contribution in [0.4, 0.5) is 20.7 Å². The Bertz CT molecular complexity index is 1640. The predicted octanol–water partition coefficient (Wildman–Crippen LogP) is 4.30. The number of amides is 1. The number of carbonyl (C=O) groups excluding carboxylic acids is 2. The van der Waals surface area contributed by atoms with Gasteiger partial charge in [-0.05, 0) is 57.8 Å². The van der Waals surface area contributed by atoms with Crippen molar-refractivity contribution in [3.63, 3.8) is 0 Å². The number of fused-ring (bicyclic) bond motifs is 1. The van der Waals surface area contributed by atoms with Crippen LogP contribution in [-0.2, 0) is 11.5 Å². The number of ketones is 1. The minimum Gasteiger partial charge on any atom is -0.426 e. The molecule has 0 unspecified atom stereocenters. The van der Waals surface area contributed by atoms with E-state index in [-0.39, 0.29) is 57.9 Å². The van der Waals surface area contributed by atoms with Gasteiger partial charge in [0.2, 0.25) is 0 Å². The molecule has 0 saturated carbocycles. The van der Waals surface area contributed by atoms with E-state index < -0.39 is 5.82 Å². The van der Waals surface area contributed by atoms with Crippen LogP contribution in [0.2, 0.25) is 0 Å². The molecule has 0 atom stereocenters. The van der Waals surface area contributed by atoms with E-state index in [2.05, 4.69) is 20.1 Å². The van der Waals surface area contributed by atoms with Crippen molar-refractivity contribution in [1.29, 1.82) is 0 Å². The lowest BCUT2D eigenvalue weighted by molar-refractivity contribution is 0.0479. The Morgan fingerprint density at radius 3 is 2.57 bits per heavy atom. The molecule has 6 rings (SSSR count). The zero-order valence-corrected chi connectivity index (χ0v) is 23.4. The highest BCUT2D eigenvalue weighted by Gasteiger charge is 2.28. The Kier molecular flexibility index (Phi) is 7.50. The van der Waals surface area contributed by atoms with E-state index in [0.717, 1.165) is 32.0 Å². The Hall–Kier alpha value is -4.52. The highest BCUT2D eigenvalue weighted by Crippen LogP contribution is 2.38. The molecular weight excluding hydrogens is 543 g/mol. The van der Waals surface area contributed by atoms with Crippen molar-refractivity contribution in [2.45, 2.75) is 51.8 Å². The number of likely N-dealkylation sites (tertiary alicyclic amines) is 2. The van der Waals surface area contributed by atoms with E-state index >= 15 is 0 Å². The minimum atomic E-state index is -0.662. The first-order valence-corrected chi connectivity index (χ1v) is 14.1. The molecule has 0 spiro atoms. The van der Waals surface area contributed by atoms with E-state index in [1.54, 1.807) is 17.3 Å². The summed E-state index contributed by atoms with van der Waals surface area (Å²) in [5.74, 6) is -0.958. The van der Waals surface area contributed by atoms with Gasteiger partial charge in [0.15, 0.2) is 23.9 Å². The van der Waals surface area contributed by atoms with Gasteiger partial charge in [-0.2, -0.15) is 5.10 Å². The molecule has 0 radical (unpaired) electrons. The average molecular weight is 577 g/mol. The maximum absolute atomic E-state index is 15.0. The van der Waals surface area contributed by atoms with E-state index in [1.165, 1.54) is 43.1 Å². The number of benzene rings is 1. The standard InChI is InChI=1S/C29H33FN8O4/c1-17(39)20-11-21(23(30)12-24(20)31)26-25-27(42-35-28(25)32)22(14-33-26)18-13-34-38(15-18)16-41-29(40)37-9-5-19(6-10-37)36-7-3-2-4-8-36/h11-15,19H,2-10,16,31H2,1H3,(H2,32,35). The van der Waals surface area contributed by atoms with Gasteiger partial charge in [0.25, 0.3) is 0 Å².